The summed E-state index contributed by atoms with van der Waals surface area (Å²) in [7, 11) is 0. The van der Waals surface area contributed by atoms with Crippen LogP contribution in [-0.4, -0.2) is 22.1 Å². The molecule has 6 heteroatoms. The summed E-state index contributed by atoms with van der Waals surface area (Å²) >= 11 is 0. The molecule has 1 fully saturated rings. The summed E-state index contributed by atoms with van der Waals surface area (Å²) in [6.45, 7) is 2.03. The quantitative estimate of drug-likeness (QED) is 0.586. The third-order valence-corrected chi connectivity index (χ3v) is 3.93. The van der Waals surface area contributed by atoms with Crippen LogP contribution in [0, 0.1) is 11.7 Å². The number of aromatic nitrogens is 1. The van der Waals surface area contributed by atoms with Crippen molar-refractivity contribution < 1.29 is 14.4 Å². The van der Waals surface area contributed by atoms with Gasteiger partial charge < -0.3 is 5.32 Å². The highest BCUT2D eigenvalue weighted by Crippen LogP contribution is 2.28. The Bertz CT molecular complexity index is 475. The van der Waals surface area contributed by atoms with Gasteiger partial charge in [-0.3, -0.25) is 10.0 Å². The number of hydroxylamine groups is 1. The summed E-state index contributed by atoms with van der Waals surface area (Å²) in [5.74, 6) is -0.681. The van der Waals surface area contributed by atoms with Gasteiger partial charge in [0.1, 0.15) is 0 Å². The van der Waals surface area contributed by atoms with Gasteiger partial charge in [0.2, 0.25) is 0 Å². The van der Waals surface area contributed by atoms with E-state index in [1.165, 1.54) is 30.9 Å². The summed E-state index contributed by atoms with van der Waals surface area (Å²) in [5, 5.41) is 11.6. The number of carbonyl (C=O) groups is 1. The highest BCUT2D eigenvalue weighted by molar-refractivity contribution is 5.93. The molecule has 0 aromatic carbocycles. The minimum Gasteiger partial charge on any atom is -0.365 e. The van der Waals surface area contributed by atoms with Crippen LogP contribution in [0.4, 0.5) is 10.2 Å². The van der Waals surface area contributed by atoms with Gasteiger partial charge in [-0.25, -0.2) is 14.9 Å². The Morgan fingerprint density at radius 2 is 2.15 bits per heavy atom. The van der Waals surface area contributed by atoms with Crippen molar-refractivity contribution in [2.75, 3.05) is 5.32 Å². The lowest BCUT2D eigenvalue weighted by Crippen LogP contribution is -2.28. The van der Waals surface area contributed by atoms with Gasteiger partial charge >= 0.3 is 0 Å². The molecule has 1 aliphatic carbocycles. The summed E-state index contributed by atoms with van der Waals surface area (Å²) in [4.78, 5) is 15.1. The highest BCUT2D eigenvalue weighted by Gasteiger charge is 2.21. The fourth-order valence-electron chi connectivity index (χ4n) is 2.70. The van der Waals surface area contributed by atoms with E-state index in [0.717, 1.165) is 18.9 Å². The maximum absolute atomic E-state index is 13.9. The second-order valence-corrected chi connectivity index (χ2v) is 5.33. The van der Waals surface area contributed by atoms with Gasteiger partial charge in [-0.2, -0.15) is 0 Å². The normalized spacial score (nSPS) is 17.6. The van der Waals surface area contributed by atoms with E-state index in [0.29, 0.717) is 5.92 Å². The fraction of sp³-hybridized carbons (Fsp3) is 0.571. The van der Waals surface area contributed by atoms with Crippen molar-refractivity contribution in [3.05, 3.63) is 23.6 Å². The molecule has 1 aliphatic rings. The molecule has 5 nitrogen and oxygen atoms in total. The van der Waals surface area contributed by atoms with Crippen LogP contribution in [0.1, 0.15) is 49.4 Å². The van der Waals surface area contributed by atoms with E-state index in [4.69, 9.17) is 5.21 Å². The minimum atomic E-state index is -0.775. The Kier molecular flexibility index (Phi) is 4.89. The van der Waals surface area contributed by atoms with Crippen molar-refractivity contribution in [1.29, 1.82) is 0 Å². The van der Waals surface area contributed by atoms with Crippen LogP contribution in [0.15, 0.2) is 12.3 Å². The van der Waals surface area contributed by atoms with E-state index >= 15 is 0 Å². The topological polar surface area (TPSA) is 74.2 Å². The molecule has 1 heterocycles. The average molecular weight is 281 g/mol. The lowest BCUT2D eigenvalue weighted by Gasteiger charge is -2.28. The van der Waals surface area contributed by atoms with Gasteiger partial charge in [-0.15, -0.1) is 0 Å². The summed E-state index contributed by atoms with van der Waals surface area (Å²) in [6, 6.07) is 1.21. The van der Waals surface area contributed by atoms with Gasteiger partial charge in [-0.1, -0.05) is 19.3 Å². The van der Waals surface area contributed by atoms with Crippen molar-refractivity contribution in [3.8, 4) is 0 Å². The lowest BCUT2D eigenvalue weighted by molar-refractivity contribution is 0.0705. The SMILES string of the molecule is C[C@H](Nc1ncc(C(=O)NO)cc1F)C1CCCCC1. The second kappa shape index (κ2) is 6.65. The van der Waals surface area contributed by atoms with E-state index in [9.17, 15) is 9.18 Å². The number of amides is 1. The second-order valence-electron chi connectivity index (χ2n) is 5.33. The predicted octanol–water partition coefficient (Wildman–Crippen LogP) is 2.72. The number of anilines is 1. The first-order chi connectivity index (χ1) is 9.61. The molecule has 1 aromatic rings. The Balaban J connectivity index is 2.03. The number of halogens is 1. The van der Waals surface area contributed by atoms with Gasteiger partial charge in [0.25, 0.3) is 5.91 Å². The molecule has 0 aliphatic heterocycles. The van der Waals surface area contributed by atoms with Crippen LogP contribution in [-0.2, 0) is 0 Å². The molecule has 0 bridgehead atoms. The van der Waals surface area contributed by atoms with Gasteiger partial charge in [0, 0.05) is 12.2 Å². The third-order valence-electron chi connectivity index (χ3n) is 3.93. The van der Waals surface area contributed by atoms with Gasteiger partial charge in [-0.05, 0) is 31.7 Å². The van der Waals surface area contributed by atoms with Crippen LogP contribution in [0.5, 0.6) is 0 Å². The van der Waals surface area contributed by atoms with Crippen molar-refractivity contribution in [3.63, 3.8) is 0 Å². The van der Waals surface area contributed by atoms with Crippen molar-refractivity contribution in [2.24, 2.45) is 5.92 Å². The molecular weight excluding hydrogens is 261 g/mol. The van der Waals surface area contributed by atoms with E-state index in [2.05, 4.69) is 10.3 Å². The molecular formula is C14H20FN3O2. The summed E-state index contributed by atoms with van der Waals surface area (Å²) < 4.78 is 13.9. The zero-order chi connectivity index (χ0) is 14.5. The van der Waals surface area contributed by atoms with E-state index in [1.807, 2.05) is 6.92 Å². The molecule has 0 spiro atoms. The first-order valence-corrected chi connectivity index (χ1v) is 6.98. The van der Waals surface area contributed by atoms with Crippen molar-refractivity contribution >= 4 is 11.7 Å². The molecule has 1 saturated carbocycles. The van der Waals surface area contributed by atoms with Gasteiger partial charge in [0.15, 0.2) is 11.6 Å². The number of nitrogens with one attached hydrogen (secondary N) is 2. The standard InChI is InChI=1S/C14H20FN3O2/c1-9(10-5-3-2-4-6-10)17-13-12(15)7-11(8-16-13)14(19)18-20/h7-10,20H,2-6H2,1H3,(H,16,17)(H,18,19)/t9-/m0/s1. The van der Waals surface area contributed by atoms with Crippen molar-refractivity contribution in [2.45, 2.75) is 45.1 Å². The van der Waals surface area contributed by atoms with Crippen LogP contribution < -0.4 is 10.8 Å². The van der Waals surface area contributed by atoms with E-state index in [1.54, 1.807) is 0 Å². The molecule has 1 aromatic heterocycles. The minimum absolute atomic E-state index is 0.0131. The van der Waals surface area contributed by atoms with Crippen LogP contribution in [0.2, 0.25) is 0 Å². The zero-order valence-corrected chi connectivity index (χ0v) is 11.5. The highest BCUT2D eigenvalue weighted by atomic mass is 19.1. The predicted molar refractivity (Wildman–Crippen MR) is 73.1 cm³/mol. The van der Waals surface area contributed by atoms with Gasteiger partial charge in [0.05, 0.1) is 5.56 Å². The number of hydrogen-bond donors (Lipinski definition) is 3. The Morgan fingerprint density at radius 3 is 2.75 bits per heavy atom. The molecule has 0 saturated heterocycles. The molecule has 20 heavy (non-hydrogen) atoms. The molecule has 1 amide bonds. The molecule has 3 N–H and O–H groups in total. The Hall–Kier alpha value is -1.69. The van der Waals surface area contributed by atoms with Crippen molar-refractivity contribution in [1.82, 2.24) is 10.5 Å². The van der Waals surface area contributed by atoms with Crippen LogP contribution in [0.25, 0.3) is 0 Å². The first-order valence-electron chi connectivity index (χ1n) is 6.98. The molecule has 110 valence electrons. The fourth-order valence-corrected chi connectivity index (χ4v) is 2.70. The lowest BCUT2D eigenvalue weighted by atomic mass is 9.84. The monoisotopic (exact) mass is 281 g/mol. The van der Waals surface area contributed by atoms with Crippen LogP contribution in [0.3, 0.4) is 0 Å². The first kappa shape index (κ1) is 14.7. The Labute approximate surface area is 117 Å². The number of nitrogens with zero attached hydrogens (tertiary/aromatic N) is 1. The Morgan fingerprint density at radius 1 is 1.45 bits per heavy atom. The maximum Gasteiger partial charge on any atom is 0.276 e. The maximum atomic E-state index is 13.9. The van der Waals surface area contributed by atoms with Crippen LogP contribution >= 0.6 is 0 Å². The summed E-state index contributed by atoms with van der Waals surface area (Å²) in [5.41, 5.74) is 1.44. The molecule has 1 atom stereocenters. The number of hydrogen-bond acceptors (Lipinski definition) is 4. The number of pyridine rings is 1. The molecule has 2 rings (SSSR count). The summed E-state index contributed by atoms with van der Waals surface area (Å²) in [6.07, 6.45) is 7.28. The number of rotatable bonds is 4. The van der Waals surface area contributed by atoms with E-state index < -0.39 is 11.7 Å². The molecule has 0 radical (unpaired) electrons. The smallest absolute Gasteiger partial charge is 0.276 e. The average Bonchev–Trinajstić information content (AvgIpc) is 2.49. The molecule has 0 unspecified atom stereocenters. The zero-order valence-electron chi connectivity index (χ0n) is 11.5. The number of carbonyl (C=O) groups excluding carboxylic acids is 1. The third kappa shape index (κ3) is 3.45. The van der Waals surface area contributed by atoms with E-state index in [-0.39, 0.29) is 17.4 Å². The largest absolute Gasteiger partial charge is 0.365 e.